The molecule has 3 nitrogen and oxygen atoms in total. The fraction of sp³-hybridized carbons (Fsp3) is 0.444. The molecule has 0 saturated heterocycles. The number of hydrogen-bond acceptors (Lipinski definition) is 4. The van der Waals surface area contributed by atoms with E-state index in [-0.39, 0.29) is 0 Å². The van der Waals surface area contributed by atoms with Crippen molar-refractivity contribution in [2.75, 3.05) is 7.05 Å². The van der Waals surface area contributed by atoms with E-state index in [2.05, 4.69) is 29.5 Å². The average molecular weight is 198 g/mol. The van der Waals surface area contributed by atoms with E-state index in [1.54, 1.807) is 18.4 Å². The van der Waals surface area contributed by atoms with Crippen LogP contribution in [0.3, 0.4) is 0 Å². The van der Waals surface area contributed by atoms with Crippen molar-refractivity contribution in [3.8, 4) is 0 Å². The Morgan fingerprint density at radius 1 is 1.62 bits per heavy atom. The summed E-state index contributed by atoms with van der Waals surface area (Å²) >= 11 is 1.76. The molecule has 1 rings (SSSR count). The third-order valence-electron chi connectivity index (χ3n) is 1.50. The Morgan fingerprint density at radius 3 is 2.92 bits per heavy atom. The highest BCUT2D eigenvalue weighted by Crippen LogP contribution is 2.15. The lowest BCUT2D eigenvalue weighted by molar-refractivity contribution is 0.206. The standard InChI is InChI=1S/C9H14N2OS/c1-7-4-5-9(13-7)6-11-8(2)12-10-3/h4-5,10H,6H2,1-3H3. The van der Waals surface area contributed by atoms with Gasteiger partial charge in [0.2, 0.25) is 5.90 Å². The third-order valence-corrected chi connectivity index (χ3v) is 2.49. The number of aryl methyl sites for hydroxylation is 1. The fourth-order valence-electron chi connectivity index (χ4n) is 0.939. The van der Waals surface area contributed by atoms with Crippen LogP contribution in [0.25, 0.3) is 0 Å². The second-order valence-electron chi connectivity index (χ2n) is 2.65. The van der Waals surface area contributed by atoms with Gasteiger partial charge in [-0.2, -0.15) is 5.48 Å². The number of nitrogens with zero attached hydrogens (tertiary/aromatic N) is 1. The van der Waals surface area contributed by atoms with Crippen LogP contribution in [0, 0.1) is 6.92 Å². The zero-order chi connectivity index (χ0) is 9.68. The first-order chi connectivity index (χ1) is 6.22. The molecular weight excluding hydrogens is 184 g/mol. The number of rotatable bonds is 3. The Bertz CT molecular complexity index is 294. The van der Waals surface area contributed by atoms with Gasteiger partial charge in [0.25, 0.3) is 0 Å². The predicted octanol–water partition coefficient (Wildman–Crippen LogP) is 2.13. The Kier molecular flexibility index (Phi) is 3.92. The van der Waals surface area contributed by atoms with Crippen molar-refractivity contribution >= 4 is 17.2 Å². The fourth-order valence-corrected chi connectivity index (χ4v) is 1.75. The van der Waals surface area contributed by atoms with E-state index < -0.39 is 0 Å². The molecule has 1 aromatic heterocycles. The molecule has 0 spiro atoms. The SMILES string of the molecule is CNOC(C)=NCc1ccc(C)s1. The number of hydroxylamine groups is 1. The Hall–Kier alpha value is -0.870. The molecule has 1 N–H and O–H groups in total. The van der Waals surface area contributed by atoms with Gasteiger partial charge in [-0.1, -0.05) is 0 Å². The molecule has 0 bridgehead atoms. The molecule has 1 aromatic rings. The zero-order valence-electron chi connectivity index (χ0n) is 8.13. The maximum absolute atomic E-state index is 4.97. The Morgan fingerprint density at radius 2 is 2.38 bits per heavy atom. The lowest BCUT2D eigenvalue weighted by Gasteiger charge is -1.99. The molecule has 72 valence electrons. The third kappa shape index (κ3) is 3.57. The van der Waals surface area contributed by atoms with Crippen LogP contribution in [0.15, 0.2) is 17.1 Å². The van der Waals surface area contributed by atoms with Gasteiger partial charge >= 0.3 is 0 Å². The van der Waals surface area contributed by atoms with Crippen LogP contribution in [0.4, 0.5) is 0 Å². The van der Waals surface area contributed by atoms with Crippen LogP contribution >= 0.6 is 11.3 Å². The van der Waals surface area contributed by atoms with Crippen molar-refractivity contribution in [1.29, 1.82) is 0 Å². The van der Waals surface area contributed by atoms with Crippen LogP contribution in [0.1, 0.15) is 16.7 Å². The van der Waals surface area contributed by atoms with Gasteiger partial charge in [-0.05, 0) is 19.1 Å². The summed E-state index contributed by atoms with van der Waals surface area (Å²) in [5, 5.41) is 0. The zero-order valence-corrected chi connectivity index (χ0v) is 8.94. The van der Waals surface area contributed by atoms with E-state index in [1.807, 2.05) is 6.92 Å². The number of aliphatic imine (C=N–C) groups is 1. The molecule has 0 amide bonds. The molecule has 13 heavy (non-hydrogen) atoms. The van der Waals surface area contributed by atoms with Gasteiger partial charge < -0.3 is 4.84 Å². The molecule has 0 unspecified atom stereocenters. The van der Waals surface area contributed by atoms with Crippen LogP contribution in [0.2, 0.25) is 0 Å². The number of hydrogen-bond donors (Lipinski definition) is 1. The van der Waals surface area contributed by atoms with Crippen molar-refractivity contribution in [2.45, 2.75) is 20.4 Å². The van der Waals surface area contributed by atoms with Crippen molar-refractivity contribution in [1.82, 2.24) is 5.48 Å². The summed E-state index contributed by atoms with van der Waals surface area (Å²) in [7, 11) is 1.72. The van der Waals surface area contributed by atoms with Gasteiger partial charge in [0.15, 0.2) is 0 Å². The van der Waals surface area contributed by atoms with Crippen LogP contribution in [-0.2, 0) is 11.4 Å². The minimum Gasteiger partial charge on any atom is -0.394 e. The van der Waals surface area contributed by atoms with E-state index in [0.29, 0.717) is 12.4 Å². The van der Waals surface area contributed by atoms with Gasteiger partial charge in [0.05, 0.1) is 6.54 Å². The first-order valence-electron chi connectivity index (χ1n) is 4.12. The second-order valence-corrected chi connectivity index (χ2v) is 4.03. The summed E-state index contributed by atoms with van der Waals surface area (Å²) in [5.41, 5.74) is 2.58. The molecule has 1 heterocycles. The first-order valence-corrected chi connectivity index (χ1v) is 4.94. The Labute approximate surface area is 82.4 Å². The van der Waals surface area contributed by atoms with Crippen LogP contribution < -0.4 is 5.48 Å². The summed E-state index contributed by atoms with van der Waals surface area (Å²) in [6.45, 7) is 4.62. The molecule has 0 fully saturated rings. The largest absolute Gasteiger partial charge is 0.394 e. The van der Waals surface area contributed by atoms with Crippen molar-refractivity contribution in [3.63, 3.8) is 0 Å². The summed E-state index contributed by atoms with van der Waals surface area (Å²) in [6, 6.07) is 4.19. The van der Waals surface area contributed by atoms with Crippen molar-refractivity contribution in [3.05, 3.63) is 21.9 Å². The highest BCUT2D eigenvalue weighted by atomic mass is 32.1. The van der Waals surface area contributed by atoms with E-state index in [4.69, 9.17) is 4.84 Å². The molecule has 0 radical (unpaired) electrons. The molecular formula is C9H14N2OS. The van der Waals surface area contributed by atoms with Gasteiger partial charge in [0.1, 0.15) is 0 Å². The van der Waals surface area contributed by atoms with Gasteiger partial charge in [-0.25, -0.2) is 4.99 Å². The van der Waals surface area contributed by atoms with E-state index in [0.717, 1.165) is 0 Å². The molecule has 0 aliphatic heterocycles. The topological polar surface area (TPSA) is 33.6 Å². The monoisotopic (exact) mass is 198 g/mol. The van der Waals surface area contributed by atoms with Crippen LogP contribution in [0.5, 0.6) is 0 Å². The lowest BCUT2D eigenvalue weighted by Crippen LogP contribution is -2.12. The average Bonchev–Trinajstić information content (AvgIpc) is 2.49. The minimum absolute atomic E-state index is 0.661. The summed E-state index contributed by atoms with van der Waals surface area (Å²) in [4.78, 5) is 11.8. The summed E-state index contributed by atoms with van der Waals surface area (Å²) < 4.78 is 0. The van der Waals surface area contributed by atoms with E-state index >= 15 is 0 Å². The van der Waals surface area contributed by atoms with Crippen molar-refractivity contribution < 1.29 is 4.84 Å². The first kappa shape index (κ1) is 10.2. The number of nitrogens with one attached hydrogen (secondary N) is 1. The summed E-state index contributed by atoms with van der Waals surface area (Å²) in [6.07, 6.45) is 0. The van der Waals surface area contributed by atoms with E-state index in [1.165, 1.54) is 9.75 Å². The van der Waals surface area contributed by atoms with Gasteiger partial charge in [-0.3, -0.25) is 0 Å². The van der Waals surface area contributed by atoms with Crippen molar-refractivity contribution in [2.24, 2.45) is 4.99 Å². The molecule has 0 aromatic carbocycles. The summed E-state index contributed by atoms with van der Waals surface area (Å²) in [5.74, 6) is 0.661. The minimum atomic E-state index is 0.661. The van der Waals surface area contributed by atoms with Gasteiger partial charge in [0, 0.05) is 23.7 Å². The normalized spacial score (nSPS) is 11.8. The predicted molar refractivity (Wildman–Crippen MR) is 56.0 cm³/mol. The maximum Gasteiger partial charge on any atom is 0.206 e. The quantitative estimate of drug-likeness (QED) is 0.458. The maximum atomic E-state index is 4.97. The van der Waals surface area contributed by atoms with E-state index in [9.17, 15) is 0 Å². The Balaban J connectivity index is 2.46. The smallest absolute Gasteiger partial charge is 0.206 e. The molecule has 0 atom stereocenters. The highest BCUT2D eigenvalue weighted by molar-refractivity contribution is 7.11. The van der Waals surface area contributed by atoms with Gasteiger partial charge in [-0.15, -0.1) is 11.3 Å². The number of thiophene rings is 1. The second kappa shape index (κ2) is 4.99. The van der Waals surface area contributed by atoms with Crippen LogP contribution in [-0.4, -0.2) is 12.9 Å². The molecule has 0 saturated carbocycles. The molecule has 4 heteroatoms. The highest BCUT2D eigenvalue weighted by Gasteiger charge is 1.95. The lowest BCUT2D eigenvalue weighted by atomic mass is 10.4. The molecule has 0 aliphatic carbocycles. The molecule has 0 aliphatic rings.